The molecule has 0 aliphatic heterocycles. The Morgan fingerprint density at radius 3 is 2.14 bits per heavy atom. The first-order valence-corrected chi connectivity index (χ1v) is 9.92. The fourth-order valence-corrected chi connectivity index (χ4v) is 3.66. The average molecular weight is 369 g/mol. The summed E-state index contributed by atoms with van der Waals surface area (Å²) in [6.07, 6.45) is 5.87. The van der Waals surface area contributed by atoms with Crippen LogP contribution in [-0.2, 0) is 10.8 Å². The van der Waals surface area contributed by atoms with Gasteiger partial charge in [-0.3, -0.25) is 9.97 Å². The maximum absolute atomic E-state index is 4.77. The summed E-state index contributed by atoms with van der Waals surface area (Å²) in [5.74, 6) is 0. The van der Waals surface area contributed by atoms with E-state index in [0.717, 1.165) is 5.52 Å². The molecule has 0 fully saturated rings. The smallest absolute Gasteiger partial charge is 0.0708 e. The van der Waals surface area contributed by atoms with Crippen molar-refractivity contribution in [2.24, 2.45) is 0 Å². The van der Waals surface area contributed by atoms with Crippen LogP contribution in [-0.4, -0.2) is 9.97 Å². The van der Waals surface area contributed by atoms with E-state index in [4.69, 9.17) is 4.98 Å². The van der Waals surface area contributed by atoms with Gasteiger partial charge in [0.25, 0.3) is 0 Å². The number of rotatable bonds is 1. The predicted octanol–water partition coefficient (Wildman–Crippen LogP) is 7.05. The molecule has 4 rings (SSSR count). The van der Waals surface area contributed by atoms with Gasteiger partial charge in [0.1, 0.15) is 0 Å². The third-order valence-electron chi connectivity index (χ3n) is 5.50. The highest BCUT2D eigenvalue weighted by molar-refractivity contribution is 6.05. The van der Waals surface area contributed by atoms with Crippen molar-refractivity contribution in [3.63, 3.8) is 0 Å². The minimum atomic E-state index is 0.0630. The first-order chi connectivity index (χ1) is 13.1. The molecule has 0 bridgehead atoms. The normalized spacial score (nSPS) is 12.6. The van der Waals surface area contributed by atoms with Crippen LogP contribution in [0.4, 0.5) is 0 Å². The maximum atomic E-state index is 4.77. The Morgan fingerprint density at radius 1 is 0.679 bits per heavy atom. The Morgan fingerprint density at radius 2 is 1.43 bits per heavy atom. The Balaban J connectivity index is 2.09. The Kier molecular flexibility index (Phi) is 4.26. The van der Waals surface area contributed by atoms with E-state index in [-0.39, 0.29) is 10.8 Å². The third kappa shape index (κ3) is 3.28. The molecule has 0 saturated carbocycles. The van der Waals surface area contributed by atoms with Gasteiger partial charge >= 0.3 is 0 Å². The minimum absolute atomic E-state index is 0.0630. The van der Waals surface area contributed by atoms with E-state index in [0.29, 0.717) is 0 Å². The first-order valence-electron chi connectivity index (χ1n) is 9.92. The van der Waals surface area contributed by atoms with Gasteiger partial charge in [-0.25, -0.2) is 0 Å². The lowest BCUT2D eigenvalue weighted by Crippen LogP contribution is -2.12. The van der Waals surface area contributed by atoms with Gasteiger partial charge in [-0.1, -0.05) is 53.7 Å². The van der Waals surface area contributed by atoms with Gasteiger partial charge in [0.2, 0.25) is 0 Å². The number of fused-ring (bicyclic) bond motifs is 2. The third-order valence-corrected chi connectivity index (χ3v) is 5.50. The molecule has 2 aromatic heterocycles. The highest BCUT2D eigenvalue weighted by atomic mass is 14.7. The Labute approximate surface area is 167 Å². The summed E-state index contributed by atoms with van der Waals surface area (Å²) in [6.45, 7) is 13.5. The second-order valence-corrected chi connectivity index (χ2v) is 9.72. The summed E-state index contributed by atoms with van der Waals surface area (Å²) < 4.78 is 0. The standard InChI is InChI=1S/C26H28N2/c1-25(2,3)18-12-17-15-27-11-10-20(17)22(13-18)21-8-7-9-24-23(21)14-19(16-28-24)26(4,5)6/h7-16H,1-6H3. The Hall–Kier alpha value is -2.74. The molecule has 2 heterocycles. The second-order valence-electron chi connectivity index (χ2n) is 9.72. The topological polar surface area (TPSA) is 25.8 Å². The lowest BCUT2D eigenvalue weighted by Gasteiger charge is -2.22. The van der Waals surface area contributed by atoms with Crippen molar-refractivity contribution in [1.29, 1.82) is 0 Å². The predicted molar refractivity (Wildman–Crippen MR) is 120 cm³/mol. The number of hydrogen-bond donors (Lipinski definition) is 0. The number of nitrogens with zero attached hydrogens (tertiary/aromatic N) is 2. The van der Waals surface area contributed by atoms with Gasteiger partial charge in [0, 0.05) is 29.4 Å². The van der Waals surface area contributed by atoms with E-state index >= 15 is 0 Å². The Bertz CT molecular complexity index is 1170. The van der Waals surface area contributed by atoms with E-state index in [1.54, 1.807) is 0 Å². The van der Waals surface area contributed by atoms with E-state index in [1.807, 2.05) is 18.6 Å². The van der Waals surface area contributed by atoms with E-state index < -0.39 is 0 Å². The minimum Gasteiger partial charge on any atom is -0.264 e. The molecule has 0 radical (unpaired) electrons. The van der Waals surface area contributed by atoms with Crippen LogP contribution >= 0.6 is 0 Å². The molecule has 142 valence electrons. The zero-order valence-corrected chi connectivity index (χ0v) is 17.7. The van der Waals surface area contributed by atoms with Gasteiger partial charge < -0.3 is 0 Å². The highest BCUT2D eigenvalue weighted by Gasteiger charge is 2.19. The lowest BCUT2D eigenvalue weighted by molar-refractivity contribution is 0.589. The lowest BCUT2D eigenvalue weighted by atomic mass is 9.82. The molecule has 28 heavy (non-hydrogen) atoms. The van der Waals surface area contributed by atoms with Crippen molar-refractivity contribution >= 4 is 21.7 Å². The zero-order valence-electron chi connectivity index (χ0n) is 17.7. The molecule has 0 aliphatic carbocycles. The van der Waals surface area contributed by atoms with E-state index in [9.17, 15) is 0 Å². The van der Waals surface area contributed by atoms with Gasteiger partial charge in [-0.15, -0.1) is 0 Å². The van der Waals surface area contributed by atoms with Crippen LogP contribution in [0.2, 0.25) is 0 Å². The zero-order chi connectivity index (χ0) is 20.1. The quantitative estimate of drug-likeness (QED) is 0.360. The van der Waals surface area contributed by atoms with Crippen molar-refractivity contribution in [3.8, 4) is 11.1 Å². The van der Waals surface area contributed by atoms with Crippen molar-refractivity contribution in [2.75, 3.05) is 0 Å². The van der Waals surface area contributed by atoms with Crippen molar-refractivity contribution in [1.82, 2.24) is 9.97 Å². The largest absolute Gasteiger partial charge is 0.264 e. The van der Waals surface area contributed by atoms with Crippen LogP contribution in [0.15, 0.2) is 61.1 Å². The molecule has 0 atom stereocenters. The molecular weight excluding hydrogens is 340 g/mol. The summed E-state index contributed by atoms with van der Waals surface area (Å²) in [5.41, 5.74) is 6.23. The van der Waals surface area contributed by atoms with Crippen molar-refractivity contribution < 1.29 is 0 Å². The molecule has 0 spiro atoms. The van der Waals surface area contributed by atoms with Crippen LogP contribution in [0, 0.1) is 0 Å². The summed E-state index contributed by atoms with van der Waals surface area (Å²) >= 11 is 0. The summed E-state index contributed by atoms with van der Waals surface area (Å²) in [7, 11) is 0. The van der Waals surface area contributed by atoms with E-state index in [1.165, 1.54) is 38.4 Å². The molecule has 2 nitrogen and oxygen atoms in total. The molecule has 0 saturated heterocycles. The number of pyridine rings is 2. The van der Waals surface area contributed by atoms with Gasteiger partial charge in [-0.2, -0.15) is 0 Å². The van der Waals surface area contributed by atoms with Crippen LogP contribution in [0.3, 0.4) is 0 Å². The van der Waals surface area contributed by atoms with Crippen LogP contribution in [0.5, 0.6) is 0 Å². The van der Waals surface area contributed by atoms with Crippen LogP contribution in [0.25, 0.3) is 32.8 Å². The summed E-state index contributed by atoms with van der Waals surface area (Å²) in [6, 6.07) is 15.5. The molecule has 0 amide bonds. The number of benzene rings is 2. The average Bonchev–Trinajstić information content (AvgIpc) is 2.65. The second kappa shape index (κ2) is 6.41. The fraction of sp³-hybridized carbons (Fsp3) is 0.308. The molecule has 0 unspecified atom stereocenters. The van der Waals surface area contributed by atoms with Crippen LogP contribution < -0.4 is 0 Å². The highest BCUT2D eigenvalue weighted by Crippen LogP contribution is 2.38. The molecule has 0 aliphatic rings. The van der Waals surface area contributed by atoms with E-state index in [2.05, 4.69) is 89.0 Å². The molecule has 0 N–H and O–H groups in total. The first kappa shape index (κ1) is 18.6. The molecule has 2 aromatic carbocycles. The number of hydrogen-bond acceptors (Lipinski definition) is 2. The number of aromatic nitrogens is 2. The molecule has 2 heteroatoms. The summed E-state index contributed by atoms with van der Waals surface area (Å²) in [5, 5.41) is 3.62. The molecule has 4 aromatic rings. The van der Waals surface area contributed by atoms with Gasteiger partial charge in [0.15, 0.2) is 0 Å². The van der Waals surface area contributed by atoms with Crippen molar-refractivity contribution in [2.45, 2.75) is 52.4 Å². The summed E-state index contributed by atoms with van der Waals surface area (Å²) in [4.78, 5) is 9.14. The SMILES string of the molecule is CC(C)(C)c1cc(-c2cccc3ncc(C(C)(C)C)cc23)c2ccncc2c1. The fourth-order valence-electron chi connectivity index (χ4n) is 3.66. The van der Waals surface area contributed by atoms with Crippen molar-refractivity contribution in [3.05, 3.63) is 72.2 Å². The molecular formula is C26H28N2. The monoisotopic (exact) mass is 368 g/mol. The van der Waals surface area contributed by atoms with Gasteiger partial charge in [-0.05, 0) is 68.8 Å². The maximum Gasteiger partial charge on any atom is 0.0708 e. The van der Waals surface area contributed by atoms with Gasteiger partial charge in [0.05, 0.1) is 5.52 Å². The van der Waals surface area contributed by atoms with Crippen LogP contribution in [0.1, 0.15) is 52.7 Å².